The number of aryl methyl sites for hydroxylation is 1. The molecule has 1 saturated heterocycles. The van der Waals surface area contributed by atoms with Crippen LogP contribution >= 0.6 is 0 Å². The molecule has 1 amide bonds. The molecule has 7 nitrogen and oxygen atoms in total. The van der Waals surface area contributed by atoms with Gasteiger partial charge in [-0.3, -0.25) is 14.6 Å². The number of aromatic nitrogens is 2. The molecule has 0 spiro atoms. The van der Waals surface area contributed by atoms with Crippen molar-refractivity contribution in [1.82, 2.24) is 14.9 Å². The number of pyridine rings is 1. The maximum Gasteiger partial charge on any atom is 0.296 e. The molecule has 0 bridgehead atoms. The van der Waals surface area contributed by atoms with Crippen molar-refractivity contribution in [1.29, 1.82) is 0 Å². The summed E-state index contributed by atoms with van der Waals surface area (Å²) in [5, 5.41) is 12.3. The van der Waals surface area contributed by atoms with Gasteiger partial charge in [-0.1, -0.05) is 24.3 Å². The molecule has 5 rings (SSSR count). The minimum atomic E-state index is -0.778. The number of ketones is 1. The van der Waals surface area contributed by atoms with E-state index >= 15 is 0 Å². The number of carbonyl (C=O) groups excluding carboxylic acids is 2. The van der Waals surface area contributed by atoms with Gasteiger partial charge in [-0.2, -0.15) is 0 Å². The number of hydrogen-bond donors (Lipinski definition) is 2. The Morgan fingerprint density at radius 2 is 1.91 bits per heavy atom. The smallest absolute Gasteiger partial charge is 0.296 e. The molecule has 0 aliphatic carbocycles. The maximum atomic E-state index is 13.4. The Balaban J connectivity index is 1.68. The van der Waals surface area contributed by atoms with Crippen molar-refractivity contribution in [3.8, 4) is 5.75 Å². The molecule has 0 radical (unpaired) electrons. The van der Waals surface area contributed by atoms with Gasteiger partial charge in [0, 0.05) is 34.4 Å². The summed E-state index contributed by atoms with van der Waals surface area (Å²) in [7, 11) is 0. The summed E-state index contributed by atoms with van der Waals surface area (Å²) in [5.74, 6) is -0.906. The van der Waals surface area contributed by atoms with E-state index in [9.17, 15) is 14.7 Å². The molecule has 0 saturated carbocycles. The van der Waals surface area contributed by atoms with E-state index in [1.807, 2.05) is 44.2 Å². The summed E-state index contributed by atoms with van der Waals surface area (Å²) in [6.45, 7) is 4.43. The molecule has 1 fully saturated rings. The van der Waals surface area contributed by atoms with Gasteiger partial charge in [0.25, 0.3) is 11.7 Å². The highest BCUT2D eigenvalue weighted by Crippen LogP contribution is 2.42. The first kappa shape index (κ1) is 22.4. The second kappa shape index (κ2) is 9.10. The lowest BCUT2D eigenvalue weighted by atomic mass is 9.94. The molecule has 4 aromatic rings. The third-order valence-electron chi connectivity index (χ3n) is 6.26. The normalized spacial score (nSPS) is 17.3. The Morgan fingerprint density at radius 3 is 2.66 bits per heavy atom. The van der Waals surface area contributed by atoms with E-state index in [-0.39, 0.29) is 17.9 Å². The minimum absolute atomic E-state index is 0.0549. The van der Waals surface area contributed by atoms with Gasteiger partial charge < -0.3 is 19.7 Å². The highest BCUT2D eigenvalue weighted by molar-refractivity contribution is 6.46. The molecule has 2 aromatic heterocycles. The Bertz CT molecular complexity index is 1460. The molecule has 35 heavy (non-hydrogen) atoms. The van der Waals surface area contributed by atoms with Gasteiger partial charge in [-0.05, 0) is 55.8 Å². The number of ether oxygens (including phenoxy) is 1. The summed E-state index contributed by atoms with van der Waals surface area (Å²) in [4.78, 5) is 35.7. The fourth-order valence-electron chi connectivity index (χ4n) is 4.62. The Kier molecular flexibility index (Phi) is 5.82. The van der Waals surface area contributed by atoms with Gasteiger partial charge in [0.1, 0.15) is 11.5 Å². The van der Waals surface area contributed by atoms with E-state index in [2.05, 4.69) is 9.97 Å². The van der Waals surface area contributed by atoms with Crippen LogP contribution in [0.1, 0.15) is 35.3 Å². The van der Waals surface area contributed by atoms with Crippen LogP contribution in [0.2, 0.25) is 0 Å². The standard InChI is InChI=1S/C28H25N3O4/c1-3-35-23-12-11-18(14-17(23)2)26(32)24-25(21-15-30-22-10-5-4-9-20(21)22)31(28(34)27(24)33)16-19-8-6-7-13-29-19/h4-15,25,30,32H,3,16H2,1-2H3/b26-24+. The zero-order valence-electron chi connectivity index (χ0n) is 19.5. The van der Waals surface area contributed by atoms with Crippen LogP contribution in [0.3, 0.4) is 0 Å². The number of H-pyrrole nitrogens is 1. The SMILES string of the molecule is CCOc1ccc(/C(O)=C2\C(=O)C(=O)N(Cc3ccccn3)C2c2c[nH]c3ccccc23)cc1C. The van der Waals surface area contributed by atoms with Gasteiger partial charge in [-0.25, -0.2) is 0 Å². The van der Waals surface area contributed by atoms with Crippen LogP contribution < -0.4 is 4.74 Å². The van der Waals surface area contributed by atoms with Crippen LogP contribution in [-0.2, 0) is 16.1 Å². The van der Waals surface area contributed by atoms with Crippen molar-refractivity contribution in [2.75, 3.05) is 6.61 Å². The number of aromatic amines is 1. The number of Topliss-reactive ketones (excluding diaryl/α,β-unsaturated/α-hetero) is 1. The van der Waals surface area contributed by atoms with Crippen LogP contribution in [0, 0.1) is 6.92 Å². The van der Waals surface area contributed by atoms with Crippen molar-refractivity contribution < 1.29 is 19.4 Å². The van der Waals surface area contributed by atoms with E-state index in [0.29, 0.717) is 23.6 Å². The van der Waals surface area contributed by atoms with Gasteiger partial charge in [0.2, 0.25) is 0 Å². The van der Waals surface area contributed by atoms with Gasteiger partial charge in [-0.15, -0.1) is 0 Å². The van der Waals surface area contributed by atoms with E-state index in [0.717, 1.165) is 22.0 Å². The zero-order valence-corrected chi connectivity index (χ0v) is 19.5. The van der Waals surface area contributed by atoms with E-state index in [1.165, 1.54) is 4.90 Å². The van der Waals surface area contributed by atoms with Crippen molar-refractivity contribution in [3.63, 3.8) is 0 Å². The average Bonchev–Trinajstić information content (AvgIpc) is 3.40. The largest absolute Gasteiger partial charge is 0.507 e. The summed E-state index contributed by atoms with van der Waals surface area (Å²) >= 11 is 0. The number of carbonyl (C=O) groups is 2. The lowest BCUT2D eigenvalue weighted by Crippen LogP contribution is -2.29. The van der Waals surface area contributed by atoms with Crippen LogP contribution in [0.15, 0.2) is 78.6 Å². The number of likely N-dealkylation sites (tertiary alicyclic amines) is 1. The summed E-state index contributed by atoms with van der Waals surface area (Å²) in [6.07, 6.45) is 3.44. The van der Waals surface area contributed by atoms with Crippen molar-refractivity contribution in [2.45, 2.75) is 26.4 Å². The van der Waals surface area contributed by atoms with Crippen molar-refractivity contribution in [2.24, 2.45) is 0 Å². The monoisotopic (exact) mass is 467 g/mol. The number of aliphatic hydroxyl groups is 1. The zero-order chi connectivity index (χ0) is 24.5. The lowest BCUT2D eigenvalue weighted by molar-refractivity contribution is -0.140. The Labute approximate surface area is 202 Å². The first-order chi connectivity index (χ1) is 17.0. The van der Waals surface area contributed by atoms with Gasteiger partial charge in [0.15, 0.2) is 0 Å². The van der Waals surface area contributed by atoms with E-state index in [4.69, 9.17) is 4.74 Å². The predicted molar refractivity (Wildman–Crippen MR) is 133 cm³/mol. The Morgan fingerprint density at radius 1 is 1.11 bits per heavy atom. The molecular weight excluding hydrogens is 442 g/mol. The van der Waals surface area contributed by atoms with Crippen LogP contribution in [0.4, 0.5) is 0 Å². The van der Waals surface area contributed by atoms with Crippen LogP contribution in [-0.4, -0.2) is 38.3 Å². The number of hydrogen-bond acceptors (Lipinski definition) is 5. The summed E-state index contributed by atoms with van der Waals surface area (Å²) in [5.41, 5.74) is 3.59. The number of aliphatic hydroxyl groups excluding tert-OH is 1. The minimum Gasteiger partial charge on any atom is -0.507 e. The topological polar surface area (TPSA) is 95.5 Å². The number of para-hydroxylation sites is 1. The number of nitrogens with one attached hydrogen (secondary N) is 1. The highest BCUT2D eigenvalue weighted by atomic mass is 16.5. The Hall–Kier alpha value is -4.39. The molecule has 1 aliphatic heterocycles. The molecule has 2 aromatic carbocycles. The molecular formula is C28H25N3O4. The third kappa shape index (κ3) is 3.95. The average molecular weight is 468 g/mol. The lowest BCUT2D eigenvalue weighted by Gasteiger charge is -2.24. The first-order valence-electron chi connectivity index (χ1n) is 11.5. The van der Waals surface area contributed by atoms with Gasteiger partial charge >= 0.3 is 0 Å². The molecule has 1 unspecified atom stereocenters. The van der Waals surface area contributed by atoms with Crippen LogP contribution in [0.25, 0.3) is 16.7 Å². The number of benzene rings is 2. The fraction of sp³-hybridized carbons (Fsp3) is 0.179. The molecule has 1 atom stereocenters. The van der Waals surface area contributed by atoms with E-state index in [1.54, 1.807) is 42.7 Å². The second-order valence-electron chi connectivity index (χ2n) is 8.45. The quantitative estimate of drug-likeness (QED) is 0.239. The van der Waals surface area contributed by atoms with E-state index < -0.39 is 17.7 Å². The first-order valence-corrected chi connectivity index (χ1v) is 11.5. The van der Waals surface area contributed by atoms with Crippen molar-refractivity contribution >= 4 is 28.4 Å². The predicted octanol–water partition coefficient (Wildman–Crippen LogP) is 4.89. The number of nitrogens with zero attached hydrogens (tertiary/aromatic N) is 2. The summed E-state index contributed by atoms with van der Waals surface area (Å²) < 4.78 is 5.61. The maximum absolute atomic E-state index is 13.4. The molecule has 176 valence electrons. The second-order valence-corrected chi connectivity index (χ2v) is 8.45. The number of rotatable bonds is 6. The molecule has 7 heteroatoms. The number of amides is 1. The molecule has 1 aliphatic rings. The fourth-order valence-corrected chi connectivity index (χ4v) is 4.62. The third-order valence-corrected chi connectivity index (χ3v) is 6.26. The summed E-state index contributed by atoms with van der Waals surface area (Å²) in [6, 6.07) is 17.6. The molecule has 2 N–H and O–H groups in total. The number of fused-ring (bicyclic) bond motifs is 1. The van der Waals surface area contributed by atoms with Crippen LogP contribution in [0.5, 0.6) is 5.75 Å². The molecule has 3 heterocycles. The van der Waals surface area contributed by atoms with Crippen molar-refractivity contribution in [3.05, 3.63) is 101 Å². The van der Waals surface area contributed by atoms with Gasteiger partial charge in [0.05, 0.1) is 30.5 Å². The highest BCUT2D eigenvalue weighted by Gasteiger charge is 2.47.